The summed E-state index contributed by atoms with van der Waals surface area (Å²) in [6.07, 6.45) is 2.98. The van der Waals surface area contributed by atoms with Gasteiger partial charge >= 0.3 is 6.09 Å². The quantitative estimate of drug-likeness (QED) is 0.725. The molecule has 0 unspecified atom stereocenters. The van der Waals surface area contributed by atoms with Crippen LogP contribution in [0, 0.1) is 0 Å². The molecule has 152 valence electrons. The van der Waals surface area contributed by atoms with Crippen LogP contribution < -0.4 is 21.1 Å². The van der Waals surface area contributed by atoms with Gasteiger partial charge in [-0.15, -0.1) is 0 Å². The van der Waals surface area contributed by atoms with Gasteiger partial charge in [-0.2, -0.15) is 0 Å². The van der Waals surface area contributed by atoms with Crippen LogP contribution in [-0.4, -0.2) is 41.4 Å². The van der Waals surface area contributed by atoms with Crippen LogP contribution in [0.5, 0.6) is 5.75 Å². The normalized spacial score (nSPS) is 24.5. The average molecular weight is 405 g/mol. The molecule has 4 N–H and O–H groups in total. The number of fused-ring (bicyclic) bond motifs is 3. The minimum atomic E-state index is -0.497. The maximum Gasteiger partial charge on any atom is 0.407 e. The maximum atomic E-state index is 12.0. The topological polar surface area (TPSA) is 98.5 Å². The number of nitrogens with one attached hydrogen (secondary N) is 2. The Morgan fingerprint density at radius 1 is 1.36 bits per heavy atom. The second kappa shape index (κ2) is 7.40. The van der Waals surface area contributed by atoms with Gasteiger partial charge in [-0.25, -0.2) is 9.78 Å². The fourth-order valence-electron chi connectivity index (χ4n) is 3.88. The highest BCUT2D eigenvalue weighted by Gasteiger charge is 2.30. The lowest BCUT2D eigenvalue weighted by Crippen LogP contribution is -2.51. The summed E-state index contributed by atoms with van der Waals surface area (Å²) < 4.78 is 12.1. The highest BCUT2D eigenvalue weighted by molar-refractivity contribution is 7.22. The van der Waals surface area contributed by atoms with Gasteiger partial charge in [0.1, 0.15) is 11.4 Å². The van der Waals surface area contributed by atoms with E-state index in [1.807, 2.05) is 26.8 Å². The highest BCUT2D eigenvalue weighted by atomic mass is 32.1. The van der Waals surface area contributed by atoms with Crippen molar-refractivity contribution in [1.29, 1.82) is 0 Å². The van der Waals surface area contributed by atoms with E-state index in [4.69, 9.17) is 20.2 Å². The van der Waals surface area contributed by atoms with Crippen LogP contribution in [0.15, 0.2) is 12.1 Å². The third kappa shape index (κ3) is 4.17. The molecule has 1 amide bonds. The van der Waals surface area contributed by atoms with Gasteiger partial charge in [-0.3, -0.25) is 0 Å². The van der Waals surface area contributed by atoms with Crippen molar-refractivity contribution in [2.24, 2.45) is 5.73 Å². The molecule has 1 saturated carbocycles. The second-order valence-electron chi connectivity index (χ2n) is 8.58. The molecule has 0 bridgehead atoms. The molecule has 3 atom stereocenters. The van der Waals surface area contributed by atoms with Crippen LogP contribution in [0.3, 0.4) is 0 Å². The van der Waals surface area contributed by atoms with Crippen LogP contribution >= 0.6 is 11.3 Å². The van der Waals surface area contributed by atoms with E-state index in [2.05, 4.69) is 16.7 Å². The summed E-state index contributed by atoms with van der Waals surface area (Å²) in [7, 11) is 0. The lowest BCUT2D eigenvalue weighted by molar-refractivity contribution is 0.0489. The molecule has 1 aliphatic heterocycles. The van der Waals surface area contributed by atoms with Crippen LogP contribution in [0.4, 0.5) is 9.93 Å². The van der Waals surface area contributed by atoms with Crippen LogP contribution in [-0.2, 0) is 11.2 Å². The molecule has 2 aliphatic rings. The molecule has 28 heavy (non-hydrogen) atoms. The van der Waals surface area contributed by atoms with Gasteiger partial charge in [0.15, 0.2) is 5.13 Å². The number of carbonyl (C=O) groups excluding carboxylic acids is 1. The summed E-state index contributed by atoms with van der Waals surface area (Å²) in [6.45, 7) is 6.31. The predicted molar refractivity (Wildman–Crippen MR) is 111 cm³/mol. The zero-order valence-corrected chi connectivity index (χ0v) is 17.4. The van der Waals surface area contributed by atoms with Crippen molar-refractivity contribution in [1.82, 2.24) is 10.3 Å². The Morgan fingerprint density at radius 2 is 2.18 bits per heavy atom. The summed E-state index contributed by atoms with van der Waals surface area (Å²) in [4.78, 5) is 16.8. The van der Waals surface area contributed by atoms with Gasteiger partial charge < -0.3 is 25.8 Å². The molecule has 1 aliphatic carbocycles. The van der Waals surface area contributed by atoms with E-state index in [1.165, 1.54) is 10.3 Å². The minimum absolute atomic E-state index is 0.0404. The predicted octanol–water partition coefficient (Wildman–Crippen LogP) is 3.42. The first-order valence-electron chi connectivity index (χ1n) is 9.85. The summed E-state index contributed by atoms with van der Waals surface area (Å²) in [6, 6.07) is 4.23. The number of alkyl carbamates (subject to hydrolysis) is 1. The van der Waals surface area contributed by atoms with Crippen molar-refractivity contribution >= 4 is 32.8 Å². The number of rotatable bonds is 3. The SMILES string of the molecule is CC(C)(C)OC(=O)N[C@H]1CC[C@@H](Nc2nc3c4c(ccc3s2)OCC4)[C@@H](N)C1. The molecule has 2 heterocycles. The molecule has 4 rings (SSSR count). The van der Waals surface area contributed by atoms with Crippen molar-refractivity contribution < 1.29 is 14.3 Å². The third-order valence-corrected chi connectivity index (χ3v) is 6.11. The second-order valence-corrected chi connectivity index (χ2v) is 9.61. The van der Waals surface area contributed by atoms with Gasteiger partial charge in [0.2, 0.25) is 0 Å². The zero-order chi connectivity index (χ0) is 19.9. The molecule has 0 saturated heterocycles. The standard InChI is InChI=1S/C20H28N4O3S/c1-20(2,3)27-19(25)22-11-4-5-14(13(21)10-11)23-18-24-17-12-8-9-26-15(12)6-7-16(17)28-18/h6-7,11,13-14H,4-5,8-10,21H2,1-3H3,(H,22,25)(H,23,24)/t11-,13-,14+/m0/s1. The lowest BCUT2D eigenvalue weighted by atomic mass is 9.87. The van der Waals surface area contributed by atoms with Crippen molar-refractivity contribution in [3.05, 3.63) is 17.7 Å². The number of hydrogen-bond acceptors (Lipinski definition) is 7. The van der Waals surface area contributed by atoms with Gasteiger partial charge in [0.25, 0.3) is 0 Å². The number of hydrogen-bond donors (Lipinski definition) is 3. The molecule has 1 aromatic heterocycles. The Morgan fingerprint density at radius 3 is 2.93 bits per heavy atom. The average Bonchev–Trinajstić information content (AvgIpc) is 3.21. The Kier molecular flexibility index (Phi) is 5.09. The maximum absolute atomic E-state index is 12.0. The van der Waals surface area contributed by atoms with E-state index in [0.29, 0.717) is 6.42 Å². The fraction of sp³-hybridized carbons (Fsp3) is 0.600. The van der Waals surface area contributed by atoms with Crippen LogP contribution in [0.2, 0.25) is 0 Å². The fourth-order valence-corrected chi connectivity index (χ4v) is 4.84. The van der Waals surface area contributed by atoms with E-state index in [9.17, 15) is 4.79 Å². The summed E-state index contributed by atoms with van der Waals surface area (Å²) in [5.74, 6) is 0.953. The number of nitrogens with two attached hydrogens (primary N) is 1. The minimum Gasteiger partial charge on any atom is -0.493 e. The number of carbonyl (C=O) groups is 1. The molecular weight excluding hydrogens is 376 g/mol. The molecule has 0 radical (unpaired) electrons. The molecule has 7 nitrogen and oxygen atoms in total. The van der Waals surface area contributed by atoms with Crippen molar-refractivity contribution in [2.75, 3.05) is 11.9 Å². The summed E-state index contributed by atoms with van der Waals surface area (Å²) in [5.41, 5.74) is 8.15. The van der Waals surface area contributed by atoms with Crippen molar-refractivity contribution in [2.45, 2.75) is 70.2 Å². The van der Waals surface area contributed by atoms with Crippen LogP contribution in [0.25, 0.3) is 10.2 Å². The Bertz CT molecular complexity index is 876. The zero-order valence-electron chi connectivity index (χ0n) is 16.6. The number of ether oxygens (including phenoxy) is 2. The molecule has 1 aromatic carbocycles. The molecule has 8 heteroatoms. The Hall–Kier alpha value is -2.06. The first kappa shape index (κ1) is 19.3. The molecule has 2 aromatic rings. The smallest absolute Gasteiger partial charge is 0.407 e. The van der Waals surface area contributed by atoms with E-state index >= 15 is 0 Å². The third-order valence-electron chi connectivity index (χ3n) is 5.16. The van der Waals surface area contributed by atoms with E-state index in [0.717, 1.165) is 42.3 Å². The number of amides is 1. The van der Waals surface area contributed by atoms with E-state index in [1.54, 1.807) is 11.3 Å². The van der Waals surface area contributed by atoms with Crippen LogP contribution in [0.1, 0.15) is 45.6 Å². The summed E-state index contributed by atoms with van der Waals surface area (Å²) >= 11 is 1.65. The van der Waals surface area contributed by atoms with Gasteiger partial charge in [0.05, 0.1) is 16.8 Å². The summed E-state index contributed by atoms with van der Waals surface area (Å²) in [5, 5.41) is 7.36. The Labute approximate surface area is 169 Å². The van der Waals surface area contributed by atoms with E-state index < -0.39 is 5.60 Å². The van der Waals surface area contributed by atoms with Gasteiger partial charge in [-0.1, -0.05) is 11.3 Å². The molecule has 1 fully saturated rings. The molecular formula is C20H28N4O3S. The molecule has 0 spiro atoms. The largest absolute Gasteiger partial charge is 0.493 e. The first-order chi connectivity index (χ1) is 13.3. The van der Waals surface area contributed by atoms with Gasteiger partial charge in [-0.05, 0) is 52.2 Å². The highest BCUT2D eigenvalue weighted by Crippen LogP contribution is 2.37. The number of benzene rings is 1. The monoisotopic (exact) mass is 404 g/mol. The van der Waals surface area contributed by atoms with E-state index in [-0.39, 0.29) is 24.2 Å². The number of aromatic nitrogens is 1. The Balaban J connectivity index is 1.37. The number of anilines is 1. The number of nitrogens with zero attached hydrogens (tertiary/aromatic N) is 1. The van der Waals surface area contributed by atoms with Crippen molar-refractivity contribution in [3.63, 3.8) is 0 Å². The van der Waals surface area contributed by atoms with Crippen molar-refractivity contribution in [3.8, 4) is 5.75 Å². The first-order valence-corrected chi connectivity index (χ1v) is 10.7. The lowest BCUT2D eigenvalue weighted by Gasteiger charge is -2.35. The van der Waals surface area contributed by atoms with Gasteiger partial charge in [0, 0.05) is 30.1 Å². The number of thiazole rings is 1.